The van der Waals surface area contributed by atoms with Gasteiger partial charge >= 0.3 is 0 Å². The Labute approximate surface area is 193 Å². The fourth-order valence-corrected chi connectivity index (χ4v) is 3.17. The minimum absolute atomic E-state index is 0.240. The van der Waals surface area contributed by atoms with E-state index in [1.165, 1.54) is 6.08 Å². The highest BCUT2D eigenvalue weighted by Crippen LogP contribution is 2.24. The van der Waals surface area contributed by atoms with Crippen molar-refractivity contribution in [2.75, 3.05) is 11.9 Å². The Balaban J connectivity index is 1.32. The molecule has 166 valence electrons. The maximum Gasteiger partial charge on any atom is 0.248 e. The van der Waals surface area contributed by atoms with Gasteiger partial charge in [-0.25, -0.2) is 4.98 Å². The minimum Gasteiger partial charge on any atom is -0.490 e. The first-order valence-electron chi connectivity index (χ1n) is 10.7. The van der Waals surface area contributed by atoms with Crippen LogP contribution in [-0.2, 0) is 17.9 Å². The van der Waals surface area contributed by atoms with E-state index in [0.29, 0.717) is 31.2 Å². The van der Waals surface area contributed by atoms with Crippen LogP contribution in [0, 0.1) is 0 Å². The molecular weight excluding hydrogens is 414 g/mol. The van der Waals surface area contributed by atoms with Crippen LogP contribution >= 0.6 is 0 Å². The van der Waals surface area contributed by atoms with E-state index in [1.807, 2.05) is 89.6 Å². The number of carbonyl (C=O) groups is 1. The molecule has 1 amide bonds. The highest BCUT2D eigenvalue weighted by molar-refractivity contribution is 6.02. The Bertz CT molecular complexity index is 1190. The predicted octanol–water partition coefficient (Wildman–Crippen LogP) is 5.19. The first-order chi connectivity index (χ1) is 16.3. The molecular formula is C27H25N3O3. The molecule has 3 aromatic carbocycles. The lowest BCUT2D eigenvalue weighted by Crippen LogP contribution is -2.11. The minimum atomic E-state index is -0.240. The molecule has 0 atom stereocenters. The number of benzene rings is 3. The van der Waals surface area contributed by atoms with Crippen molar-refractivity contribution in [3.05, 3.63) is 115 Å². The van der Waals surface area contributed by atoms with Crippen molar-refractivity contribution in [2.45, 2.75) is 13.2 Å². The topological polar surface area (TPSA) is 65.4 Å². The van der Waals surface area contributed by atoms with Gasteiger partial charge in [-0.3, -0.25) is 4.79 Å². The molecule has 0 spiro atoms. The Morgan fingerprint density at radius 2 is 1.82 bits per heavy atom. The van der Waals surface area contributed by atoms with E-state index in [9.17, 15) is 4.79 Å². The highest BCUT2D eigenvalue weighted by Gasteiger charge is 2.06. The first-order valence-corrected chi connectivity index (χ1v) is 10.7. The van der Waals surface area contributed by atoms with Crippen LogP contribution in [0.3, 0.4) is 0 Å². The monoisotopic (exact) mass is 439 g/mol. The number of nitrogens with zero attached hydrogens (tertiary/aromatic N) is 2. The van der Waals surface area contributed by atoms with E-state index >= 15 is 0 Å². The number of rotatable bonds is 10. The molecule has 1 N–H and O–H groups in total. The molecule has 33 heavy (non-hydrogen) atoms. The third-order valence-electron chi connectivity index (χ3n) is 4.84. The Hall–Kier alpha value is -4.32. The van der Waals surface area contributed by atoms with Gasteiger partial charge in [0.15, 0.2) is 0 Å². The zero-order chi connectivity index (χ0) is 22.7. The van der Waals surface area contributed by atoms with Crippen LogP contribution in [0.5, 0.6) is 11.5 Å². The van der Waals surface area contributed by atoms with Crippen LogP contribution in [0.4, 0.5) is 5.69 Å². The van der Waals surface area contributed by atoms with Crippen molar-refractivity contribution in [3.8, 4) is 11.5 Å². The summed E-state index contributed by atoms with van der Waals surface area (Å²) in [4.78, 5) is 16.5. The number of hydrogen-bond donors (Lipinski definition) is 1. The maximum absolute atomic E-state index is 12.5. The molecule has 0 aliphatic carbocycles. The third kappa shape index (κ3) is 6.83. The summed E-state index contributed by atoms with van der Waals surface area (Å²) in [6.07, 6.45) is 8.60. The summed E-state index contributed by atoms with van der Waals surface area (Å²) in [5, 5.41) is 2.88. The lowest BCUT2D eigenvalue weighted by molar-refractivity contribution is -0.111. The number of nitrogens with one attached hydrogen (secondary N) is 1. The van der Waals surface area contributed by atoms with E-state index in [-0.39, 0.29) is 5.91 Å². The van der Waals surface area contributed by atoms with Gasteiger partial charge in [-0.1, -0.05) is 54.6 Å². The van der Waals surface area contributed by atoms with Gasteiger partial charge in [0.05, 0.1) is 18.6 Å². The number of aromatic nitrogens is 2. The van der Waals surface area contributed by atoms with Crippen LogP contribution in [0.15, 0.2) is 104 Å². The number of hydrogen-bond acceptors (Lipinski definition) is 4. The number of carbonyl (C=O) groups excluding carboxylic acids is 1. The predicted molar refractivity (Wildman–Crippen MR) is 129 cm³/mol. The second-order valence-electron chi connectivity index (χ2n) is 7.31. The summed E-state index contributed by atoms with van der Waals surface area (Å²) in [5.74, 6) is 1.13. The maximum atomic E-state index is 12.5. The van der Waals surface area contributed by atoms with E-state index in [1.54, 1.807) is 18.6 Å². The highest BCUT2D eigenvalue weighted by atomic mass is 16.5. The van der Waals surface area contributed by atoms with Crippen molar-refractivity contribution in [2.24, 2.45) is 0 Å². The standard InChI is InChI=1S/C27H25N3O3/c31-27(29-25-11-4-5-12-26(25)32-18-17-30-16-15-28-21-30)14-13-22-9-6-10-24(19-22)33-20-23-7-2-1-3-8-23/h1-16,19,21H,17-18,20H2,(H,29,31)/b14-13+. The summed E-state index contributed by atoms with van der Waals surface area (Å²) in [6, 6.07) is 25.0. The van der Waals surface area contributed by atoms with Gasteiger partial charge in [0.25, 0.3) is 0 Å². The molecule has 6 heteroatoms. The van der Waals surface area contributed by atoms with E-state index in [4.69, 9.17) is 9.47 Å². The quantitative estimate of drug-likeness (QED) is 0.345. The molecule has 0 fully saturated rings. The molecule has 0 unspecified atom stereocenters. The molecule has 4 aromatic rings. The Morgan fingerprint density at radius 3 is 2.67 bits per heavy atom. The van der Waals surface area contributed by atoms with E-state index in [2.05, 4.69) is 10.3 Å². The molecule has 0 aliphatic rings. The number of anilines is 1. The van der Waals surface area contributed by atoms with E-state index in [0.717, 1.165) is 16.9 Å². The molecule has 0 radical (unpaired) electrons. The molecule has 1 aromatic heterocycles. The van der Waals surface area contributed by atoms with Crippen molar-refractivity contribution in [3.63, 3.8) is 0 Å². The largest absolute Gasteiger partial charge is 0.490 e. The van der Waals surface area contributed by atoms with Crippen LogP contribution in [0.25, 0.3) is 6.08 Å². The second kappa shape index (κ2) is 11.3. The van der Waals surface area contributed by atoms with Crippen molar-refractivity contribution < 1.29 is 14.3 Å². The summed E-state index contributed by atoms with van der Waals surface area (Å²) >= 11 is 0. The average Bonchev–Trinajstić information content (AvgIpc) is 3.37. The van der Waals surface area contributed by atoms with Gasteiger partial charge in [-0.2, -0.15) is 0 Å². The van der Waals surface area contributed by atoms with Gasteiger partial charge in [-0.05, 0) is 41.5 Å². The molecule has 1 heterocycles. The molecule has 6 nitrogen and oxygen atoms in total. The van der Waals surface area contributed by atoms with Crippen molar-refractivity contribution in [1.82, 2.24) is 9.55 Å². The zero-order valence-electron chi connectivity index (χ0n) is 18.1. The zero-order valence-corrected chi connectivity index (χ0v) is 18.1. The molecule has 0 saturated carbocycles. The van der Waals surface area contributed by atoms with Crippen LogP contribution in [0.1, 0.15) is 11.1 Å². The van der Waals surface area contributed by atoms with Crippen LogP contribution in [-0.4, -0.2) is 22.1 Å². The number of ether oxygens (including phenoxy) is 2. The molecule has 0 bridgehead atoms. The lowest BCUT2D eigenvalue weighted by Gasteiger charge is -2.12. The fraction of sp³-hybridized carbons (Fsp3) is 0.111. The van der Waals surface area contributed by atoms with Crippen molar-refractivity contribution >= 4 is 17.7 Å². The summed E-state index contributed by atoms with van der Waals surface area (Å²) < 4.78 is 13.6. The third-order valence-corrected chi connectivity index (χ3v) is 4.84. The van der Waals surface area contributed by atoms with Gasteiger partial charge in [0.1, 0.15) is 24.7 Å². The summed E-state index contributed by atoms with van der Waals surface area (Å²) in [7, 11) is 0. The molecule has 4 rings (SSSR count). The lowest BCUT2D eigenvalue weighted by atomic mass is 10.2. The molecule has 0 aliphatic heterocycles. The van der Waals surface area contributed by atoms with Crippen LogP contribution in [0.2, 0.25) is 0 Å². The molecule has 0 saturated heterocycles. The van der Waals surface area contributed by atoms with Gasteiger partial charge in [0, 0.05) is 18.5 Å². The van der Waals surface area contributed by atoms with Crippen molar-refractivity contribution in [1.29, 1.82) is 0 Å². The average molecular weight is 440 g/mol. The summed E-state index contributed by atoms with van der Waals surface area (Å²) in [6.45, 7) is 1.63. The normalized spacial score (nSPS) is 10.8. The first kappa shape index (κ1) is 21.9. The number of amides is 1. The number of para-hydroxylation sites is 2. The number of imidazole rings is 1. The van der Waals surface area contributed by atoms with Gasteiger partial charge in [0.2, 0.25) is 5.91 Å². The van der Waals surface area contributed by atoms with E-state index < -0.39 is 0 Å². The SMILES string of the molecule is O=C(/C=C/c1cccc(OCc2ccccc2)c1)Nc1ccccc1OCCn1ccnc1. The second-order valence-corrected chi connectivity index (χ2v) is 7.31. The summed E-state index contributed by atoms with van der Waals surface area (Å²) in [5.41, 5.74) is 2.60. The van der Waals surface area contributed by atoms with Gasteiger partial charge < -0.3 is 19.4 Å². The Morgan fingerprint density at radius 1 is 0.970 bits per heavy atom. The fourth-order valence-electron chi connectivity index (χ4n) is 3.17. The smallest absolute Gasteiger partial charge is 0.248 e. The Kier molecular flexibility index (Phi) is 7.53. The van der Waals surface area contributed by atoms with Crippen LogP contribution < -0.4 is 14.8 Å². The van der Waals surface area contributed by atoms with Gasteiger partial charge in [-0.15, -0.1) is 0 Å².